The lowest BCUT2D eigenvalue weighted by Crippen LogP contribution is -2.29. The van der Waals surface area contributed by atoms with E-state index in [2.05, 4.69) is 148 Å². The van der Waals surface area contributed by atoms with Crippen molar-refractivity contribution < 1.29 is 0 Å². The van der Waals surface area contributed by atoms with Crippen LogP contribution in [-0.2, 0) is 5.41 Å². The van der Waals surface area contributed by atoms with Gasteiger partial charge in [-0.25, -0.2) is 0 Å². The van der Waals surface area contributed by atoms with Gasteiger partial charge in [-0.05, 0) is 75.1 Å². The maximum absolute atomic E-state index is 5.43. The first-order valence-corrected chi connectivity index (χ1v) is 19.2. The van der Waals surface area contributed by atoms with Gasteiger partial charge in [0.15, 0.2) is 0 Å². The Morgan fingerprint density at radius 1 is 0.816 bits per heavy atom. The van der Waals surface area contributed by atoms with E-state index in [4.69, 9.17) is 4.99 Å². The molecule has 244 valence electrons. The number of rotatable bonds is 3. The van der Waals surface area contributed by atoms with Gasteiger partial charge < -0.3 is 5.32 Å². The quantitative estimate of drug-likeness (QED) is 0.284. The molecular formula is C46H44N2S. The Bertz CT molecular complexity index is 2120. The molecule has 7 aliphatic rings. The second-order valence-electron chi connectivity index (χ2n) is 16.2. The second-order valence-corrected chi connectivity index (χ2v) is 17.5. The summed E-state index contributed by atoms with van der Waals surface area (Å²) >= 11 is 2.03. The maximum Gasteiger partial charge on any atom is 0.145 e. The summed E-state index contributed by atoms with van der Waals surface area (Å²) in [6, 6.07) is 29.4. The molecule has 10 rings (SSSR count). The Balaban J connectivity index is 0.942. The Morgan fingerprint density at radius 2 is 1.57 bits per heavy atom. The SMILES string of the molecule is CC1(C)C2=CC3C(C=C2C2=C1C=CC(c1ccc(C4N=C(c5ccccc5)C5=C(N4)SC4CC=CCC54)cc1)C2)c1ccccc1C3(C)C. The van der Waals surface area contributed by atoms with Gasteiger partial charge in [0.25, 0.3) is 0 Å². The summed E-state index contributed by atoms with van der Waals surface area (Å²) in [5, 5.41) is 5.82. The molecule has 2 nitrogen and oxygen atoms in total. The summed E-state index contributed by atoms with van der Waals surface area (Å²) in [6.45, 7) is 9.79. The number of nitrogens with one attached hydrogen (secondary N) is 1. The van der Waals surface area contributed by atoms with E-state index < -0.39 is 0 Å². The van der Waals surface area contributed by atoms with E-state index in [1.54, 1.807) is 11.1 Å². The van der Waals surface area contributed by atoms with E-state index in [0.717, 1.165) is 19.3 Å². The van der Waals surface area contributed by atoms with Crippen LogP contribution in [0.1, 0.15) is 92.8 Å². The fraction of sp³-hybridized carbons (Fsp3) is 0.326. The molecule has 0 amide bonds. The van der Waals surface area contributed by atoms with Gasteiger partial charge in [0, 0.05) is 39.6 Å². The average molecular weight is 657 g/mol. The fourth-order valence-corrected chi connectivity index (χ4v) is 11.7. The lowest BCUT2D eigenvalue weighted by molar-refractivity contribution is 0.385. The van der Waals surface area contributed by atoms with Gasteiger partial charge in [0.2, 0.25) is 0 Å². The molecule has 2 heterocycles. The zero-order chi connectivity index (χ0) is 33.1. The van der Waals surface area contributed by atoms with E-state index in [9.17, 15) is 0 Å². The topological polar surface area (TPSA) is 24.4 Å². The van der Waals surface area contributed by atoms with E-state index in [1.807, 2.05) is 11.8 Å². The standard InChI is InChI=1S/C46H44N2S/c1-45(2)36-16-10-8-14-31(36)34-25-35-33-24-30(22-23-37(33)46(3,4)39(35)26-38(34)45)27-18-20-29(21-19-27)43-47-42(28-12-6-5-7-13-28)41-32-15-9-11-17-40(32)49-44(41)48-43/h5-14,16,18-23,25-26,30,32,34,38,40,43,48H,15,17,24H2,1-4H3. The average Bonchev–Trinajstić information content (AvgIpc) is 3.70. The van der Waals surface area contributed by atoms with Gasteiger partial charge in [-0.2, -0.15) is 0 Å². The number of nitrogens with zero attached hydrogens (tertiary/aromatic N) is 1. The number of hydrogen-bond donors (Lipinski definition) is 1. The Morgan fingerprint density at radius 3 is 2.41 bits per heavy atom. The lowest BCUT2D eigenvalue weighted by Gasteiger charge is -2.34. The van der Waals surface area contributed by atoms with Gasteiger partial charge in [-0.1, -0.05) is 143 Å². The van der Waals surface area contributed by atoms with Crippen LogP contribution in [0.25, 0.3) is 0 Å². The van der Waals surface area contributed by atoms with Crippen molar-refractivity contribution in [3.8, 4) is 0 Å². The van der Waals surface area contributed by atoms with Crippen molar-refractivity contribution in [3.05, 3.63) is 176 Å². The minimum absolute atomic E-state index is 0.0305. The van der Waals surface area contributed by atoms with Gasteiger partial charge >= 0.3 is 0 Å². The van der Waals surface area contributed by atoms with Crippen LogP contribution < -0.4 is 5.32 Å². The van der Waals surface area contributed by atoms with E-state index in [0.29, 0.717) is 28.9 Å². The highest BCUT2D eigenvalue weighted by Crippen LogP contribution is 2.62. The van der Waals surface area contributed by atoms with Crippen molar-refractivity contribution in [1.29, 1.82) is 0 Å². The minimum atomic E-state index is -0.0814. The molecule has 6 atom stereocenters. The summed E-state index contributed by atoms with van der Waals surface area (Å²) in [5.41, 5.74) is 15.8. The van der Waals surface area contributed by atoms with Gasteiger partial charge in [0.1, 0.15) is 6.17 Å². The molecule has 0 radical (unpaired) electrons. The van der Waals surface area contributed by atoms with Crippen molar-refractivity contribution in [2.24, 2.45) is 22.2 Å². The van der Waals surface area contributed by atoms with Gasteiger partial charge in [-0.3, -0.25) is 4.99 Å². The van der Waals surface area contributed by atoms with Gasteiger partial charge in [0.05, 0.1) is 10.7 Å². The molecule has 3 heteroatoms. The highest BCUT2D eigenvalue weighted by Gasteiger charge is 2.50. The van der Waals surface area contributed by atoms with E-state index in [-0.39, 0.29) is 17.0 Å². The third kappa shape index (κ3) is 4.37. The molecule has 6 unspecified atom stereocenters. The summed E-state index contributed by atoms with van der Waals surface area (Å²) in [7, 11) is 0. The molecule has 3 aromatic carbocycles. The first kappa shape index (κ1) is 29.8. The number of allylic oxidation sites excluding steroid dienone is 11. The Hall–Kier alpha value is -4.08. The van der Waals surface area contributed by atoms with Crippen molar-refractivity contribution >= 4 is 17.5 Å². The minimum Gasteiger partial charge on any atom is -0.354 e. The first-order valence-electron chi connectivity index (χ1n) is 18.3. The maximum atomic E-state index is 5.43. The summed E-state index contributed by atoms with van der Waals surface area (Å²) in [4.78, 5) is 5.43. The molecule has 2 aliphatic heterocycles. The Labute approximate surface area is 295 Å². The smallest absolute Gasteiger partial charge is 0.145 e. The van der Waals surface area contributed by atoms with Crippen LogP contribution in [0.4, 0.5) is 0 Å². The van der Waals surface area contributed by atoms with Crippen molar-refractivity contribution in [1.82, 2.24) is 5.32 Å². The fourth-order valence-electron chi connectivity index (χ4n) is 10.2. The van der Waals surface area contributed by atoms with Gasteiger partial charge in [-0.15, -0.1) is 11.8 Å². The molecule has 0 saturated heterocycles. The monoisotopic (exact) mass is 656 g/mol. The molecule has 5 aliphatic carbocycles. The van der Waals surface area contributed by atoms with Crippen molar-refractivity contribution in [3.63, 3.8) is 0 Å². The van der Waals surface area contributed by atoms with Crippen LogP contribution in [0, 0.1) is 17.3 Å². The third-order valence-electron chi connectivity index (χ3n) is 12.9. The van der Waals surface area contributed by atoms with Crippen molar-refractivity contribution in [2.45, 2.75) is 75.6 Å². The van der Waals surface area contributed by atoms with Crippen molar-refractivity contribution in [2.75, 3.05) is 0 Å². The molecule has 1 N–H and O–H groups in total. The van der Waals surface area contributed by atoms with E-state index in [1.165, 1.54) is 55.3 Å². The van der Waals surface area contributed by atoms with Crippen LogP contribution in [0.5, 0.6) is 0 Å². The molecule has 0 saturated carbocycles. The number of benzene rings is 3. The summed E-state index contributed by atoms with van der Waals surface area (Å²) in [5.74, 6) is 1.86. The van der Waals surface area contributed by atoms with Crippen LogP contribution in [0.2, 0.25) is 0 Å². The molecule has 0 fully saturated rings. The van der Waals surface area contributed by atoms with Crippen LogP contribution in [0.15, 0.2) is 153 Å². The lowest BCUT2D eigenvalue weighted by atomic mass is 9.69. The highest BCUT2D eigenvalue weighted by atomic mass is 32.2. The third-order valence-corrected chi connectivity index (χ3v) is 14.3. The number of aliphatic imine (C=N–C) groups is 1. The van der Waals surface area contributed by atoms with Crippen LogP contribution >= 0.6 is 11.8 Å². The second kappa shape index (κ2) is 10.7. The number of hydrogen-bond acceptors (Lipinski definition) is 3. The largest absolute Gasteiger partial charge is 0.354 e. The molecule has 3 aromatic rings. The molecular weight excluding hydrogens is 613 g/mol. The van der Waals surface area contributed by atoms with Crippen LogP contribution in [-0.4, -0.2) is 11.0 Å². The molecule has 0 bridgehead atoms. The highest BCUT2D eigenvalue weighted by molar-refractivity contribution is 8.04. The zero-order valence-electron chi connectivity index (χ0n) is 28.9. The number of fused-ring (bicyclic) bond motifs is 7. The normalized spacial score (nSPS) is 31.1. The number of thioether (sulfide) groups is 1. The predicted octanol–water partition coefficient (Wildman–Crippen LogP) is 11.0. The summed E-state index contributed by atoms with van der Waals surface area (Å²) < 4.78 is 0. The predicted molar refractivity (Wildman–Crippen MR) is 205 cm³/mol. The summed E-state index contributed by atoms with van der Waals surface area (Å²) in [6.07, 6.45) is 18.2. The van der Waals surface area contributed by atoms with E-state index >= 15 is 0 Å². The molecule has 0 aromatic heterocycles. The first-order chi connectivity index (χ1) is 23.8. The molecule has 0 spiro atoms. The Kier molecular flexibility index (Phi) is 6.51. The molecule has 49 heavy (non-hydrogen) atoms. The van der Waals surface area contributed by atoms with Crippen LogP contribution in [0.3, 0.4) is 0 Å². The zero-order valence-corrected chi connectivity index (χ0v) is 29.7.